The number of nitrogen functional groups attached to an aromatic ring is 1. The topological polar surface area (TPSA) is 117 Å². The van der Waals surface area contributed by atoms with Crippen molar-refractivity contribution in [1.82, 2.24) is 15.2 Å². The number of fused-ring (bicyclic) bond motifs is 5. The fraction of sp³-hybridized carbons (Fsp3) is 0.160. The highest BCUT2D eigenvalue weighted by molar-refractivity contribution is 6.12. The number of aromatic nitrogens is 3. The first-order chi connectivity index (χ1) is 15.1. The van der Waals surface area contributed by atoms with Gasteiger partial charge in [0.2, 0.25) is 0 Å². The van der Waals surface area contributed by atoms with E-state index in [2.05, 4.69) is 16.8 Å². The van der Waals surface area contributed by atoms with Crippen LogP contribution >= 0.6 is 0 Å². The third-order valence-electron chi connectivity index (χ3n) is 6.11. The highest BCUT2D eigenvalue weighted by Gasteiger charge is 2.23. The molecular formula is C25H24N6. The fourth-order valence-electron chi connectivity index (χ4n) is 4.65. The van der Waals surface area contributed by atoms with Crippen molar-refractivity contribution in [2.45, 2.75) is 25.7 Å². The van der Waals surface area contributed by atoms with E-state index in [0.29, 0.717) is 11.3 Å². The molecule has 6 heteroatoms. The van der Waals surface area contributed by atoms with Crippen molar-refractivity contribution in [3.05, 3.63) is 71.6 Å². The molecule has 0 bridgehead atoms. The summed E-state index contributed by atoms with van der Waals surface area (Å²) in [6.45, 7) is 4.15. The van der Waals surface area contributed by atoms with Crippen LogP contribution in [0.2, 0.25) is 0 Å². The smallest absolute Gasteiger partial charge is 0.100 e. The van der Waals surface area contributed by atoms with Gasteiger partial charge in [-0.1, -0.05) is 12.6 Å². The Hall–Kier alpha value is -3.93. The molecule has 6 N–H and O–H groups in total. The first-order valence-electron chi connectivity index (χ1n) is 10.4. The molecule has 4 aromatic rings. The Bertz CT molecular complexity index is 1390. The second-order valence-electron chi connectivity index (χ2n) is 7.95. The maximum absolute atomic E-state index is 7.67. The van der Waals surface area contributed by atoms with E-state index in [-0.39, 0.29) is 0 Å². The summed E-state index contributed by atoms with van der Waals surface area (Å²) in [4.78, 5) is 5.11. The number of aromatic amines is 1. The second-order valence-corrected chi connectivity index (χ2v) is 7.95. The van der Waals surface area contributed by atoms with Gasteiger partial charge in [-0.05, 0) is 78.9 Å². The van der Waals surface area contributed by atoms with E-state index in [0.717, 1.165) is 70.0 Å². The minimum atomic E-state index is 0.602. The highest BCUT2D eigenvalue weighted by atomic mass is 15.1. The first kappa shape index (κ1) is 19.1. The van der Waals surface area contributed by atoms with Gasteiger partial charge in [0.25, 0.3) is 0 Å². The third-order valence-corrected chi connectivity index (χ3v) is 6.11. The predicted molar refractivity (Wildman–Crippen MR) is 128 cm³/mol. The van der Waals surface area contributed by atoms with Crippen molar-refractivity contribution < 1.29 is 0 Å². The van der Waals surface area contributed by atoms with E-state index in [1.54, 1.807) is 6.08 Å². The molecule has 1 aliphatic carbocycles. The lowest BCUT2D eigenvalue weighted by Crippen LogP contribution is -2.08. The first-order valence-corrected chi connectivity index (χ1v) is 10.4. The minimum absolute atomic E-state index is 0.602. The number of nitrogens with zero attached hydrogens (tertiary/aromatic N) is 2. The number of pyridine rings is 1. The van der Waals surface area contributed by atoms with Gasteiger partial charge in [-0.25, -0.2) is 4.98 Å². The molecule has 5 rings (SSSR count). The summed E-state index contributed by atoms with van der Waals surface area (Å²) in [5.74, 6) is 0. The summed E-state index contributed by atoms with van der Waals surface area (Å²) < 4.78 is 0. The Labute approximate surface area is 180 Å². The molecule has 154 valence electrons. The quantitative estimate of drug-likeness (QED) is 0.222. The monoisotopic (exact) mass is 408 g/mol. The lowest BCUT2D eigenvalue weighted by atomic mass is 9.84. The molecule has 2 aromatic heterocycles. The van der Waals surface area contributed by atoms with Crippen molar-refractivity contribution in [3.8, 4) is 11.3 Å². The summed E-state index contributed by atoms with van der Waals surface area (Å²) in [6, 6.07) is 9.89. The zero-order chi connectivity index (χ0) is 21.5. The van der Waals surface area contributed by atoms with Crippen LogP contribution in [-0.2, 0) is 12.8 Å². The summed E-state index contributed by atoms with van der Waals surface area (Å²) in [7, 11) is 0. The van der Waals surface area contributed by atoms with Crippen molar-refractivity contribution >= 4 is 39.3 Å². The van der Waals surface area contributed by atoms with Crippen molar-refractivity contribution in [1.29, 1.82) is 5.41 Å². The van der Waals surface area contributed by atoms with Crippen LogP contribution in [0.15, 0.2) is 49.2 Å². The molecular weight excluding hydrogens is 384 g/mol. The zero-order valence-corrected chi connectivity index (χ0v) is 17.2. The molecule has 6 nitrogen and oxygen atoms in total. The lowest BCUT2D eigenvalue weighted by molar-refractivity contribution is 0.689. The number of nitrogens with two attached hydrogens (primary N) is 2. The summed E-state index contributed by atoms with van der Waals surface area (Å²) >= 11 is 0. The van der Waals surface area contributed by atoms with Crippen LogP contribution in [0.5, 0.6) is 0 Å². The Balaban J connectivity index is 1.85. The van der Waals surface area contributed by atoms with Gasteiger partial charge >= 0.3 is 0 Å². The van der Waals surface area contributed by atoms with Gasteiger partial charge in [-0.2, -0.15) is 5.10 Å². The molecule has 0 atom stereocenters. The molecule has 0 saturated carbocycles. The van der Waals surface area contributed by atoms with Crippen LogP contribution in [-0.4, -0.2) is 21.4 Å². The summed E-state index contributed by atoms with van der Waals surface area (Å²) in [6.07, 6.45) is 8.81. The molecule has 0 unspecified atom stereocenters. The van der Waals surface area contributed by atoms with Crippen LogP contribution in [0, 0.1) is 5.41 Å². The van der Waals surface area contributed by atoms with E-state index < -0.39 is 0 Å². The van der Waals surface area contributed by atoms with Crippen LogP contribution in [0.4, 0.5) is 5.69 Å². The minimum Gasteiger partial charge on any atom is -0.405 e. The van der Waals surface area contributed by atoms with Gasteiger partial charge in [-0.15, -0.1) is 0 Å². The molecule has 0 radical (unpaired) electrons. The fourth-order valence-corrected chi connectivity index (χ4v) is 4.65. The van der Waals surface area contributed by atoms with Crippen LogP contribution < -0.4 is 11.5 Å². The normalized spacial score (nSPS) is 13.7. The van der Waals surface area contributed by atoms with Gasteiger partial charge in [-0.3, -0.25) is 5.10 Å². The molecule has 0 aliphatic heterocycles. The molecule has 0 amide bonds. The van der Waals surface area contributed by atoms with Gasteiger partial charge in [0, 0.05) is 33.8 Å². The Morgan fingerprint density at radius 1 is 1.10 bits per heavy atom. The van der Waals surface area contributed by atoms with E-state index in [9.17, 15) is 0 Å². The number of rotatable bonds is 4. The second kappa shape index (κ2) is 7.40. The predicted octanol–water partition coefficient (Wildman–Crippen LogP) is 4.72. The number of aryl methyl sites for hydroxylation is 1. The van der Waals surface area contributed by atoms with Crippen molar-refractivity contribution in [3.63, 3.8) is 0 Å². The van der Waals surface area contributed by atoms with Gasteiger partial charge in [0.15, 0.2) is 0 Å². The standard InChI is InChI=1S/C25H24N6/c1-14(10-11-26)24-23-21(30-31-24)9-8-20-22(23)17-4-2-3-5-18(17)25(29-20)15-6-7-19(28)16(12-15)13-27/h6-13,27H,1-5,26,28H2,(H,30,31)/b11-10-,27-13?. The van der Waals surface area contributed by atoms with Gasteiger partial charge in [0.1, 0.15) is 5.69 Å². The van der Waals surface area contributed by atoms with Crippen LogP contribution in [0.25, 0.3) is 38.6 Å². The molecule has 0 saturated heterocycles. The third kappa shape index (κ3) is 2.99. The molecule has 2 aromatic carbocycles. The molecule has 1 aliphatic rings. The highest BCUT2D eigenvalue weighted by Crippen LogP contribution is 2.40. The number of benzene rings is 2. The number of nitrogens with one attached hydrogen (secondary N) is 2. The van der Waals surface area contributed by atoms with Gasteiger partial charge in [0.05, 0.1) is 16.7 Å². The van der Waals surface area contributed by atoms with E-state index >= 15 is 0 Å². The summed E-state index contributed by atoms with van der Waals surface area (Å²) in [5.41, 5.74) is 21.0. The summed E-state index contributed by atoms with van der Waals surface area (Å²) in [5, 5.41) is 17.5. The Kier molecular flexibility index (Phi) is 4.55. The van der Waals surface area contributed by atoms with E-state index in [1.807, 2.05) is 30.3 Å². The van der Waals surface area contributed by atoms with E-state index in [1.165, 1.54) is 23.5 Å². The molecule has 31 heavy (non-hydrogen) atoms. The van der Waals surface area contributed by atoms with Crippen LogP contribution in [0.1, 0.15) is 35.2 Å². The van der Waals surface area contributed by atoms with Crippen molar-refractivity contribution in [2.24, 2.45) is 5.73 Å². The van der Waals surface area contributed by atoms with E-state index in [4.69, 9.17) is 21.9 Å². The zero-order valence-electron chi connectivity index (χ0n) is 17.2. The Morgan fingerprint density at radius 3 is 2.68 bits per heavy atom. The number of H-pyrrole nitrogens is 1. The SMILES string of the molecule is C=C(/C=C\N)c1n[nH]c2ccc3nc(-c4ccc(N)c(C=N)c4)c4c(c3c12)CCCC4. The average Bonchev–Trinajstić information content (AvgIpc) is 3.23. The number of hydrogen-bond donors (Lipinski definition) is 4. The maximum Gasteiger partial charge on any atom is 0.100 e. The maximum atomic E-state index is 7.67. The molecule has 2 heterocycles. The number of anilines is 1. The largest absolute Gasteiger partial charge is 0.405 e. The molecule has 0 fully saturated rings. The van der Waals surface area contributed by atoms with Crippen LogP contribution in [0.3, 0.4) is 0 Å². The number of hydrogen-bond acceptors (Lipinski definition) is 5. The van der Waals surface area contributed by atoms with Gasteiger partial charge < -0.3 is 16.9 Å². The molecule has 0 spiro atoms. The average molecular weight is 409 g/mol. The lowest BCUT2D eigenvalue weighted by Gasteiger charge is -2.22. The Morgan fingerprint density at radius 2 is 1.90 bits per heavy atom. The van der Waals surface area contributed by atoms with Crippen molar-refractivity contribution in [2.75, 3.05) is 5.73 Å². The number of allylic oxidation sites excluding steroid dienone is 2.